The molecule has 7 nitrogen and oxygen atoms in total. The molecule has 4 N–H and O–H groups in total. The highest BCUT2D eigenvalue weighted by atomic mass is 35.5. The van der Waals surface area contributed by atoms with Crippen LogP contribution in [0.1, 0.15) is 33.9 Å². The molecule has 0 spiro atoms. The number of carbonyl (C=O) groups excluding carboxylic acids is 2. The van der Waals surface area contributed by atoms with Crippen molar-refractivity contribution in [2.75, 3.05) is 6.54 Å². The van der Waals surface area contributed by atoms with Gasteiger partial charge in [0.25, 0.3) is 5.91 Å². The third-order valence-corrected chi connectivity index (χ3v) is 5.56. The van der Waals surface area contributed by atoms with Gasteiger partial charge in [0.1, 0.15) is 6.04 Å². The van der Waals surface area contributed by atoms with Crippen LogP contribution in [0.25, 0.3) is 0 Å². The van der Waals surface area contributed by atoms with E-state index in [4.69, 9.17) is 34.8 Å². The number of hydrogen-bond donors (Lipinski definition) is 4. The van der Waals surface area contributed by atoms with E-state index in [1.165, 1.54) is 17.7 Å². The smallest absolute Gasteiger partial charge is 0.328 e. The molecule has 10 heteroatoms. The number of halogens is 3. The molecule has 0 aliphatic heterocycles. The lowest BCUT2D eigenvalue weighted by Gasteiger charge is -2.18. The molecule has 0 fully saturated rings. The van der Waals surface area contributed by atoms with Gasteiger partial charge in [0, 0.05) is 5.02 Å². The Labute approximate surface area is 187 Å². The first kappa shape index (κ1) is 22.2. The summed E-state index contributed by atoms with van der Waals surface area (Å²) in [5.41, 5.74) is 2.12. The molecule has 3 amide bonds. The fourth-order valence-corrected chi connectivity index (χ4v) is 4.29. The molecular formula is C20H18Cl3N3O4. The van der Waals surface area contributed by atoms with Crippen LogP contribution in [0, 0.1) is 0 Å². The molecule has 0 radical (unpaired) electrons. The van der Waals surface area contributed by atoms with Crippen LogP contribution in [0.3, 0.4) is 0 Å². The first-order chi connectivity index (χ1) is 14.3. The summed E-state index contributed by atoms with van der Waals surface area (Å²) in [6, 6.07) is 8.40. The Morgan fingerprint density at radius 3 is 2.43 bits per heavy atom. The van der Waals surface area contributed by atoms with E-state index in [-0.39, 0.29) is 33.2 Å². The van der Waals surface area contributed by atoms with Gasteiger partial charge in [-0.05, 0) is 36.1 Å². The van der Waals surface area contributed by atoms with Crippen molar-refractivity contribution in [3.63, 3.8) is 0 Å². The monoisotopic (exact) mass is 469 g/mol. The van der Waals surface area contributed by atoms with Gasteiger partial charge in [0.05, 0.1) is 28.2 Å². The number of nitrogens with one attached hydrogen (secondary N) is 3. The SMILES string of the molecule is O=C(NC[C@H](NC(=O)c1c(Cl)cc(Cl)cc1Cl)C(=O)O)NC1CCc2ccccc21. The van der Waals surface area contributed by atoms with Gasteiger partial charge in [-0.1, -0.05) is 59.1 Å². The first-order valence-electron chi connectivity index (χ1n) is 9.06. The van der Waals surface area contributed by atoms with E-state index in [0.717, 1.165) is 18.4 Å². The van der Waals surface area contributed by atoms with E-state index in [1.54, 1.807) is 0 Å². The summed E-state index contributed by atoms with van der Waals surface area (Å²) < 4.78 is 0. The van der Waals surface area contributed by atoms with E-state index in [9.17, 15) is 19.5 Å². The standard InChI is InChI=1S/C20H18Cl3N3O4/c21-11-7-13(22)17(14(23)8-11)18(27)25-16(19(28)29)9-24-20(30)26-15-6-5-10-3-1-2-4-12(10)15/h1-4,7-8,15-16H,5-6,9H2,(H,25,27)(H,28,29)(H2,24,26,30)/t15?,16-/m0/s1. The number of benzene rings is 2. The zero-order valence-electron chi connectivity index (χ0n) is 15.5. The molecule has 1 aliphatic rings. The van der Waals surface area contributed by atoms with Crippen molar-refractivity contribution < 1.29 is 19.5 Å². The molecular weight excluding hydrogens is 453 g/mol. The molecule has 1 aliphatic carbocycles. The molecule has 30 heavy (non-hydrogen) atoms. The summed E-state index contributed by atoms with van der Waals surface area (Å²) in [6.07, 6.45) is 1.62. The first-order valence-corrected chi connectivity index (χ1v) is 10.2. The second kappa shape index (κ2) is 9.55. The summed E-state index contributed by atoms with van der Waals surface area (Å²) in [5, 5.41) is 17.2. The number of carbonyl (C=O) groups is 3. The lowest BCUT2D eigenvalue weighted by molar-refractivity contribution is -0.139. The van der Waals surface area contributed by atoms with Crippen LogP contribution in [-0.2, 0) is 11.2 Å². The van der Waals surface area contributed by atoms with Crippen molar-refractivity contribution in [2.45, 2.75) is 24.9 Å². The van der Waals surface area contributed by atoms with Crippen LogP contribution in [0.5, 0.6) is 0 Å². The highest BCUT2D eigenvalue weighted by molar-refractivity contribution is 6.42. The van der Waals surface area contributed by atoms with E-state index in [2.05, 4.69) is 16.0 Å². The molecule has 2 aromatic carbocycles. The van der Waals surface area contributed by atoms with Crippen molar-refractivity contribution in [3.05, 3.63) is 68.2 Å². The van der Waals surface area contributed by atoms with Crippen LogP contribution in [-0.4, -0.2) is 35.6 Å². The molecule has 2 atom stereocenters. The van der Waals surface area contributed by atoms with E-state index >= 15 is 0 Å². The van der Waals surface area contributed by atoms with Crippen LogP contribution in [0.4, 0.5) is 4.79 Å². The van der Waals surface area contributed by atoms with Crippen molar-refractivity contribution in [3.8, 4) is 0 Å². The number of urea groups is 1. The maximum Gasteiger partial charge on any atom is 0.328 e. The van der Waals surface area contributed by atoms with Crippen molar-refractivity contribution in [1.82, 2.24) is 16.0 Å². The molecule has 0 saturated carbocycles. The minimum absolute atomic E-state index is 0.0141. The zero-order chi connectivity index (χ0) is 21.8. The van der Waals surface area contributed by atoms with E-state index < -0.39 is 23.9 Å². The minimum atomic E-state index is -1.39. The number of hydrogen-bond acceptors (Lipinski definition) is 3. The average molecular weight is 471 g/mol. The average Bonchev–Trinajstić information content (AvgIpc) is 3.07. The molecule has 0 heterocycles. The summed E-state index contributed by atoms with van der Waals surface area (Å²) in [7, 11) is 0. The zero-order valence-corrected chi connectivity index (χ0v) is 17.8. The fourth-order valence-electron chi connectivity index (χ4n) is 3.30. The molecule has 0 bridgehead atoms. The van der Waals surface area contributed by atoms with Gasteiger partial charge >= 0.3 is 12.0 Å². The number of amides is 3. The second-order valence-corrected chi connectivity index (χ2v) is 8.00. The van der Waals surface area contributed by atoms with Crippen molar-refractivity contribution in [2.24, 2.45) is 0 Å². The van der Waals surface area contributed by atoms with Gasteiger partial charge in [-0.15, -0.1) is 0 Å². The Balaban J connectivity index is 1.59. The third kappa shape index (κ3) is 5.16. The van der Waals surface area contributed by atoms with Gasteiger partial charge in [0.2, 0.25) is 0 Å². The molecule has 0 saturated heterocycles. The van der Waals surface area contributed by atoms with Crippen LogP contribution >= 0.6 is 34.8 Å². The Hall–Kier alpha value is -2.48. The molecule has 3 rings (SSSR count). The molecule has 0 aromatic heterocycles. The highest BCUT2D eigenvalue weighted by Gasteiger charge is 2.26. The Morgan fingerprint density at radius 1 is 1.10 bits per heavy atom. The van der Waals surface area contributed by atoms with Crippen LogP contribution < -0.4 is 16.0 Å². The van der Waals surface area contributed by atoms with Gasteiger partial charge in [-0.3, -0.25) is 4.79 Å². The number of aliphatic carboxylic acids is 1. The third-order valence-electron chi connectivity index (χ3n) is 4.74. The van der Waals surface area contributed by atoms with Crippen molar-refractivity contribution in [1.29, 1.82) is 0 Å². The minimum Gasteiger partial charge on any atom is -0.480 e. The fraction of sp³-hybridized carbons (Fsp3) is 0.250. The number of fused-ring (bicyclic) bond motifs is 1. The van der Waals surface area contributed by atoms with Gasteiger partial charge in [-0.2, -0.15) is 0 Å². The lowest BCUT2D eigenvalue weighted by Crippen LogP contribution is -2.50. The number of carboxylic acid groups (broad SMARTS) is 1. The molecule has 158 valence electrons. The maximum absolute atomic E-state index is 12.5. The van der Waals surface area contributed by atoms with Gasteiger partial charge in [-0.25, -0.2) is 9.59 Å². The topological polar surface area (TPSA) is 108 Å². The maximum atomic E-state index is 12.5. The normalized spacial score (nSPS) is 15.8. The summed E-state index contributed by atoms with van der Waals surface area (Å²) >= 11 is 17.8. The quantitative estimate of drug-likeness (QED) is 0.515. The second-order valence-electron chi connectivity index (χ2n) is 6.75. The summed E-state index contributed by atoms with van der Waals surface area (Å²) in [6.45, 7) is -0.329. The largest absolute Gasteiger partial charge is 0.480 e. The Kier molecular flexibility index (Phi) is 7.07. The van der Waals surface area contributed by atoms with Crippen LogP contribution in [0.2, 0.25) is 15.1 Å². The predicted octanol–water partition coefficient (Wildman–Crippen LogP) is 3.82. The van der Waals surface area contributed by atoms with E-state index in [1.807, 2.05) is 24.3 Å². The highest BCUT2D eigenvalue weighted by Crippen LogP contribution is 2.30. The number of rotatable bonds is 6. The Morgan fingerprint density at radius 2 is 1.77 bits per heavy atom. The lowest BCUT2D eigenvalue weighted by atomic mass is 10.1. The summed E-state index contributed by atoms with van der Waals surface area (Å²) in [5.74, 6) is -2.11. The van der Waals surface area contributed by atoms with Crippen molar-refractivity contribution >= 4 is 52.7 Å². The van der Waals surface area contributed by atoms with Crippen LogP contribution in [0.15, 0.2) is 36.4 Å². The van der Waals surface area contributed by atoms with E-state index in [0.29, 0.717) is 0 Å². The number of carboxylic acids is 1. The summed E-state index contributed by atoms with van der Waals surface area (Å²) in [4.78, 5) is 36.2. The van der Waals surface area contributed by atoms with Gasteiger partial charge < -0.3 is 21.1 Å². The molecule has 2 aromatic rings. The molecule has 1 unspecified atom stereocenters. The van der Waals surface area contributed by atoms with Gasteiger partial charge in [0.15, 0.2) is 0 Å². The predicted molar refractivity (Wildman–Crippen MR) is 114 cm³/mol. The Bertz CT molecular complexity index is 976. The number of aryl methyl sites for hydroxylation is 1.